The molecule has 0 bridgehead atoms. The molecule has 0 heterocycles. The fourth-order valence-electron chi connectivity index (χ4n) is 7.07. The van der Waals surface area contributed by atoms with Crippen molar-refractivity contribution < 1.29 is 0 Å². The quantitative estimate of drug-likeness (QED) is 0.133. The molecule has 0 fully saturated rings. The monoisotopic (exact) mass is 590 g/mol. The van der Waals surface area contributed by atoms with Crippen molar-refractivity contribution in [2.24, 2.45) is 0 Å². The molecule has 45 heavy (non-hydrogen) atoms. The Morgan fingerprint density at radius 2 is 0.978 bits per heavy atom. The highest BCUT2D eigenvalue weighted by Crippen LogP contribution is 2.31. The van der Waals surface area contributed by atoms with Crippen LogP contribution in [0.5, 0.6) is 0 Å². The van der Waals surface area contributed by atoms with Crippen LogP contribution >= 0.6 is 0 Å². The Kier molecular flexibility index (Phi) is 9.39. The van der Waals surface area contributed by atoms with Gasteiger partial charge in [-0.25, -0.2) is 0 Å². The normalized spacial score (nSPS) is 11.2. The molecule has 0 aliphatic heterocycles. The van der Waals surface area contributed by atoms with E-state index in [9.17, 15) is 0 Å². The largest absolute Gasteiger partial charge is 0.378 e. The molecule has 0 radical (unpaired) electrons. The molecule has 0 amide bonds. The smallest absolute Gasteiger partial charge is 0.243 e. The second-order valence-corrected chi connectivity index (χ2v) is 13.1. The maximum absolute atomic E-state index is 2.35. The van der Waals surface area contributed by atoms with Gasteiger partial charge in [0.2, 0.25) is 6.71 Å². The lowest BCUT2D eigenvalue weighted by Crippen LogP contribution is -2.56. The second kappa shape index (κ2) is 13.2. The van der Waals surface area contributed by atoms with E-state index < -0.39 is 0 Å². The number of anilines is 2. The summed E-state index contributed by atoms with van der Waals surface area (Å²) in [6, 6.07) is 34.0. The molecular weight excluding hydrogens is 543 g/mol. The van der Waals surface area contributed by atoms with Gasteiger partial charge in [0.1, 0.15) is 0 Å². The molecule has 0 aliphatic carbocycles. The van der Waals surface area contributed by atoms with E-state index in [-0.39, 0.29) is 6.71 Å². The molecule has 228 valence electrons. The van der Waals surface area contributed by atoms with Gasteiger partial charge in [-0.3, -0.25) is 0 Å². The van der Waals surface area contributed by atoms with E-state index in [0.29, 0.717) is 0 Å². The molecular formula is C42H47BN2. The zero-order chi connectivity index (χ0) is 32.4. The zero-order valence-corrected chi connectivity index (χ0v) is 28.8. The molecule has 0 aliphatic rings. The van der Waals surface area contributed by atoms with Gasteiger partial charge < -0.3 is 9.80 Å². The standard InChI is InChI=1S/C42H47BN2/c1-28-23-30(3)41(31(4)24-28)43(42-32(5)25-29(2)26-33(42)6)39-14-12-11-13-37(39)38-22-19-35(27-40(38)45(9)10)16-15-34-17-20-36(21-18-34)44(7)8/h11-27H,1-10H3/b16-15+. The molecule has 5 rings (SSSR count). The summed E-state index contributed by atoms with van der Waals surface area (Å²) >= 11 is 0. The predicted molar refractivity (Wildman–Crippen MR) is 202 cm³/mol. The van der Waals surface area contributed by atoms with Crippen LogP contribution in [0.25, 0.3) is 23.3 Å². The summed E-state index contributed by atoms with van der Waals surface area (Å²) in [4.78, 5) is 4.37. The van der Waals surface area contributed by atoms with Crippen molar-refractivity contribution in [1.82, 2.24) is 0 Å². The molecule has 5 aromatic rings. The maximum atomic E-state index is 2.35. The Balaban J connectivity index is 1.67. The Morgan fingerprint density at radius 1 is 0.489 bits per heavy atom. The minimum Gasteiger partial charge on any atom is -0.378 e. The van der Waals surface area contributed by atoms with Gasteiger partial charge in [0.15, 0.2) is 0 Å². The molecule has 2 nitrogen and oxygen atoms in total. The van der Waals surface area contributed by atoms with Crippen molar-refractivity contribution in [3.63, 3.8) is 0 Å². The van der Waals surface area contributed by atoms with Crippen LogP contribution in [0.2, 0.25) is 0 Å². The van der Waals surface area contributed by atoms with Crippen LogP contribution in [-0.2, 0) is 0 Å². The average Bonchev–Trinajstić information content (AvgIpc) is 2.98. The van der Waals surface area contributed by atoms with E-state index in [2.05, 4.69) is 183 Å². The number of benzene rings is 5. The van der Waals surface area contributed by atoms with Gasteiger partial charge >= 0.3 is 0 Å². The minimum atomic E-state index is 0.113. The maximum Gasteiger partial charge on any atom is 0.243 e. The minimum absolute atomic E-state index is 0.113. The third kappa shape index (κ3) is 6.78. The summed E-state index contributed by atoms with van der Waals surface area (Å²) < 4.78 is 0. The Bertz CT molecular complexity index is 1760. The fraction of sp³-hybridized carbons (Fsp3) is 0.238. The first-order valence-corrected chi connectivity index (χ1v) is 16.0. The first-order valence-electron chi connectivity index (χ1n) is 16.0. The van der Waals surface area contributed by atoms with Crippen molar-refractivity contribution >= 4 is 46.6 Å². The van der Waals surface area contributed by atoms with Gasteiger partial charge in [-0.15, -0.1) is 0 Å². The third-order valence-electron chi connectivity index (χ3n) is 9.00. The van der Waals surface area contributed by atoms with Crippen LogP contribution in [-0.4, -0.2) is 34.9 Å². The van der Waals surface area contributed by atoms with E-state index in [4.69, 9.17) is 0 Å². The van der Waals surface area contributed by atoms with Crippen LogP contribution in [0, 0.1) is 41.5 Å². The van der Waals surface area contributed by atoms with Gasteiger partial charge in [-0.05, 0) is 76.4 Å². The second-order valence-electron chi connectivity index (χ2n) is 13.1. The lowest BCUT2D eigenvalue weighted by atomic mass is 9.33. The Labute approximate surface area is 272 Å². The van der Waals surface area contributed by atoms with E-state index >= 15 is 0 Å². The van der Waals surface area contributed by atoms with Crippen molar-refractivity contribution in [2.45, 2.75) is 41.5 Å². The van der Waals surface area contributed by atoms with Gasteiger partial charge in [0.25, 0.3) is 0 Å². The van der Waals surface area contributed by atoms with Gasteiger partial charge in [0, 0.05) is 45.1 Å². The fourth-order valence-corrected chi connectivity index (χ4v) is 7.07. The van der Waals surface area contributed by atoms with E-state index in [0.717, 1.165) is 0 Å². The summed E-state index contributed by atoms with van der Waals surface area (Å²) in [5.41, 5.74) is 19.5. The van der Waals surface area contributed by atoms with Crippen molar-refractivity contribution in [2.75, 3.05) is 38.0 Å². The highest BCUT2D eigenvalue weighted by Gasteiger charge is 2.31. The summed E-state index contributed by atoms with van der Waals surface area (Å²) in [5.74, 6) is 0. The lowest BCUT2D eigenvalue weighted by molar-refractivity contribution is 1.13. The van der Waals surface area contributed by atoms with Crippen LogP contribution < -0.4 is 26.2 Å². The highest BCUT2D eigenvalue weighted by atomic mass is 15.1. The molecule has 0 spiro atoms. The van der Waals surface area contributed by atoms with Gasteiger partial charge in [-0.1, -0.05) is 135 Å². The third-order valence-corrected chi connectivity index (χ3v) is 9.00. The molecule has 5 aromatic carbocycles. The Morgan fingerprint density at radius 3 is 1.49 bits per heavy atom. The molecule has 3 heteroatoms. The predicted octanol–water partition coefficient (Wildman–Crippen LogP) is 8.02. The van der Waals surface area contributed by atoms with Crippen LogP contribution in [0.4, 0.5) is 11.4 Å². The average molecular weight is 591 g/mol. The SMILES string of the molecule is Cc1cc(C)c(B(c2ccccc2-c2ccc(/C=C/c3ccc(N(C)C)cc3)cc2N(C)C)c2c(C)cc(C)cc2C)c(C)c1. The summed E-state index contributed by atoms with van der Waals surface area (Å²) in [6.07, 6.45) is 4.41. The molecule has 0 atom stereocenters. The lowest BCUT2D eigenvalue weighted by Gasteiger charge is -2.27. The number of rotatable bonds is 8. The number of nitrogens with zero attached hydrogens (tertiary/aromatic N) is 2. The topological polar surface area (TPSA) is 6.48 Å². The number of aryl methyl sites for hydroxylation is 6. The van der Waals surface area contributed by atoms with Crippen molar-refractivity contribution in [1.29, 1.82) is 0 Å². The molecule has 0 unspecified atom stereocenters. The van der Waals surface area contributed by atoms with Crippen LogP contribution in [0.3, 0.4) is 0 Å². The van der Waals surface area contributed by atoms with Gasteiger partial charge in [-0.2, -0.15) is 0 Å². The molecule has 0 aromatic heterocycles. The molecule has 0 N–H and O–H groups in total. The van der Waals surface area contributed by atoms with Crippen LogP contribution in [0.15, 0.2) is 91.0 Å². The van der Waals surface area contributed by atoms with E-state index in [1.807, 2.05) is 0 Å². The summed E-state index contributed by atoms with van der Waals surface area (Å²) in [5, 5.41) is 0. The number of hydrogen-bond donors (Lipinski definition) is 0. The first kappa shape index (κ1) is 31.9. The van der Waals surface area contributed by atoms with E-state index in [1.165, 1.54) is 83.4 Å². The van der Waals surface area contributed by atoms with E-state index in [1.54, 1.807) is 0 Å². The number of hydrogen-bond acceptors (Lipinski definition) is 2. The van der Waals surface area contributed by atoms with Gasteiger partial charge in [0.05, 0.1) is 0 Å². The van der Waals surface area contributed by atoms with Crippen molar-refractivity contribution in [3.8, 4) is 11.1 Å². The first-order chi connectivity index (χ1) is 21.4. The molecule has 0 saturated carbocycles. The van der Waals surface area contributed by atoms with Crippen molar-refractivity contribution in [3.05, 3.63) is 136 Å². The Hall–Kier alpha value is -4.50. The van der Waals surface area contributed by atoms with Crippen LogP contribution in [0.1, 0.15) is 44.5 Å². The summed E-state index contributed by atoms with van der Waals surface area (Å²) in [7, 11) is 8.44. The highest BCUT2D eigenvalue weighted by molar-refractivity contribution is 6.97. The molecule has 0 saturated heterocycles. The summed E-state index contributed by atoms with van der Waals surface area (Å²) in [6.45, 7) is 13.6. The zero-order valence-electron chi connectivity index (χ0n) is 28.8.